The third kappa shape index (κ3) is 3.56. The van der Waals surface area contributed by atoms with Gasteiger partial charge in [-0.1, -0.05) is 114 Å². The summed E-state index contributed by atoms with van der Waals surface area (Å²) in [6.07, 6.45) is 0. The van der Waals surface area contributed by atoms with Crippen LogP contribution in [0.5, 0.6) is 0 Å². The van der Waals surface area contributed by atoms with E-state index in [0.29, 0.717) is 0 Å². The molecule has 5 rings (SSSR count). The van der Waals surface area contributed by atoms with Gasteiger partial charge in [0.1, 0.15) is 11.1 Å². The van der Waals surface area contributed by atoms with E-state index in [9.17, 15) is 0 Å². The standard InChI is InChI=1S/C26H20N3P/c1-5-13-21(14-6-1)25-26(29(28-27-25)22-15-7-2-8-16-22)30(23-17-9-3-10-18-23)24-19-11-4-12-20-24/h1-20H. The van der Waals surface area contributed by atoms with Crippen molar-refractivity contribution in [3.8, 4) is 16.9 Å². The molecule has 3 nitrogen and oxygen atoms in total. The van der Waals surface area contributed by atoms with Gasteiger partial charge in [0.2, 0.25) is 0 Å². The van der Waals surface area contributed by atoms with Crippen LogP contribution in [0.4, 0.5) is 0 Å². The van der Waals surface area contributed by atoms with Crippen LogP contribution >= 0.6 is 7.92 Å². The summed E-state index contributed by atoms with van der Waals surface area (Å²) in [5.74, 6) is 0. The van der Waals surface area contributed by atoms with Gasteiger partial charge in [-0.25, -0.2) is 4.68 Å². The molecule has 0 N–H and O–H groups in total. The molecule has 0 saturated heterocycles. The van der Waals surface area contributed by atoms with Crippen molar-refractivity contribution in [3.63, 3.8) is 0 Å². The van der Waals surface area contributed by atoms with Crippen molar-refractivity contribution in [3.05, 3.63) is 121 Å². The maximum Gasteiger partial charge on any atom is 0.121 e. The first kappa shape index (κ1) is 18.5. The van der Waals surface area contributed by atoms with Crippen LogP contribution in [0.15, 0.2) is 121 Å². The molecule has 0 aliphatic carbocycles. The molecule has 0 atom stereocenters. The Kier molecular flexibility index (Phi) is 5.20. The molecule has 0 unspecified atom stereocenters. The summed E-state index contributed by atoms with van der Waals surface area (Å²) in [7, 11) is -0.860. The van der Waals surface area contributed by atoms with Gasteiger partial charge in [-0.05, 0) is 22.7 Å². The van der Waals surface area contributed by atoms with Crippen LogP contribution < -0.4 is 16.0 Å². The first-order valence-electron chi connectivity index (χ1n) is 9.88. The summed E-state index contributed by atoms with van der Waals surface area (Å²) in [4.78, 5) is 0. The van der Waals surface area contributed by atoms with Crippen molar-refractivity contribution in [1.29, 1.82) is 0 Å². The zero-order chi connectivity index (χ0) is 20.2. The second kappa shape index (κ2) is 8.44. The Bertz CT molecular complexity index is 1120. The molecule has 0 fully saturated rings. The van der Waals surface area contributed by atoms with E-state index in [4.69, 9.17) is 0 Å². The van der Waals surface area contributed by atoms with E-state index in [1.807, 2.05) is 41.1 Å². The fourth-order valence-corrected chi connectivity index (χ4v) is 6.01. The van der Waals surface area contributed by atoms with Crippen LogP contribution in [0, 0.1) is 0 Å². The smallest absolute Gasteiger partial charge is 0.121 e. The molecule has 4 aromatic carbocycles. The van der Waals surface area contributed by atoms with Gasteiger partial charge in [-0.3, -0.25) is 0 Å². The Morgan fingerprint density at radius 1 is 0.533 bits per heavy atom. The van der Waals surface area contributed by atoms with E-state index >= 15 is 0 Å². The van der Waals surface area contributed by atoms with Crippen LogP contribution in [0.3, 0.4) is 0 Å². The highest BCUT2D eigenvalue weighted by molar-refractivity contribution is 7.79. The lowest BCUT2D eigenvalue weighted by Crippen LogP contribution is -2.27. The first-order chi connectivity index (χ1) is 14.9. The third-order valence-corrected chi connectivity index (χ3v) is 7.39. The molecule has 4 heteroatoms. The van der Waals surface area contributed by atoms with Crippen LogP contribution in [0.1, 0.15) is 0 Å². The molecule has 1 heterocycles. The van der Waals surface area contributed by atoms with Gasteiger partial charge in [0.25, 0.3) is 0 Å². The molecule has 144 valence electrons. The second-order valence-electron chi connectivity index (χ2n) is 6.88. The maximum atomic E-state index is 4.66. The molecule has 30 heavy (non-hydrogen) atoms. The summed E-state index contributed by atoms with van der Waals surface area (Å²) in [6, 6.07) is 42.0. The van der Waals surface area contributed by atoms with E-state index in [1.54, 1.807) is 0 Å². The molecule has 0 amide bonds. The lowest BCUT2D eigenvalue weighted by atomic mass is 10.2. The van der Waals surface area contributed by atoms with Crippen molar-refractivity contribution in [1.82, 2.24) is 15.0 Å². The summed E-state index contributed by atoms with van der Waals surface area (Å²) < 4.78 is 2.01. The van der Waals surface area contributed by atoms with Gasteiger partial charge >= 0.3 is 0 Å². The number of hydrogen-bond donors (Lipinski definition) is 0. The van der Waals surface area contributed by atoms with Gasteiger partial charge in [-0.15, -0.1) is 5.10 Å². The molecule has 0 spiro atoms. The summed E-state index contributed by atoms with van der Waals surface area (Å²) in [5, 5.41) is 11.8. The highest BCUT2D eigenvalue weighted by atomic mass is 31.1. The number of para-hydroxylation sites is 1. The van der Waals surface area contributed by atoms with Crippen LogP contribution in [0.2, 0.25) is 0 Å². The summed E-state index contributed by atoms with van der Waals surface area (Å²) >= 11 is 0. The molecule has 0 bridgehead atoms. The minimum absolute atomic E-state index is 0.860. The molecule has 5 aromatic rings. The topological polar surface area (TPSA) is 30.7 Å². The van der Waals surface area contributed by atoms with E-state index < -0.39 is 7.92 Å². The number of benzene rings is 4. The van der Waals surface area contributed by atoms with Gasteiger partial charge in [0, 0.05) is 13.5 Å². The number of aromatic nitrogens is 3. The molecule has 0 saturated carbocycles. The van der Waals surface area contributed by atoms with Gasteiger partial charge < -0.3 is 0 Å². The van der Waals surface area contributed by atoms with Gasteiger partial charge in [0.15, 0.2) is 0 Å². The van der Waals surface area contributed by atoms with Crippen molar-refractivity contribution in [2.75, 3.05) is 0 Å². The van der Waals surface area contributed by atoms with E-state index in [0.717, 1.165) is 22.4 Å². The Morgan fingerprint density at radius 3 is 1.53 bits per heavy atom. The Balaban J connectivity index is 1.81. The molecule has 1 aromatic heterocycles. The predicted molar refractivity (Wildman–Crippen MR) is 126 cm³/mol. The molecule has 0 aliphatic heterocycles. The largest absolute Gasteiger partial charge is 0.212 e. The summed E-state index contributed by atoms with van der Waals surface area (Å²) in [5.41, 5.74) is 4.15. The van der Waals surface area contributed by atoms with Crippen molar-refractivity contribution in [2.45, 2.75) is 0 Å². The van der Waals surface area contributed by atoms with Crippen LogP contribution in [-0.2, 0) is 0 Å². The summed E-state index contributed by atoms with van der Waals surface area (Å²) in [6.45, 7) is 0. The lowest BCUT2D eigenvalue weighted by molar-refractivity contribution is 0.817. The highest BCUT2D eigenvalue weighted by Gasteiger charge is 2.27. The van der Waals surface area contributed by atoms with E-state index in [1.165, 1.54) is 10.6 Å². The fraction of sp³-hybridized carbons (Fsp3) is 0. The fourth-order valence-electron chi connectivity index (χ4n) is 3.55. The zero-order valence-corrected chi connectivity index (χ0v) is 17.2. The quantitative estimate of drug-likeness (QED) is 0.397. The van der Waals surface area contributed by atoms with Crippen molar-refractivity contribution >= 4 is 24.0 Å². The Labute approximate surface area is 177 Å². The van der Waals surface area contributed by atoms with Gasteiger partial charge in [-0.2, -0.15) is 0 Å². The lowest BCUT2D eigenvalue weighted by Gasteiger charge is -2.21. The Morgan fingerprint density at radius 2 is 1.00 bits per heavy atom. The predicted octanol–water partition coefficient (Wildman–Crippen LogP) is 4.69. The van der Waals surface area contributed by atoms with E-state index in [2.05, 4.69) is 95.2 Å². The third-order valence-electron chi connectivity index (χ3n) is 4.94. The number of hydrogen-bond acceptors (Lipinski definition) is 2. The average Bonchev–Trinajstić information content (AvgIpc) is 3.26. The zero-order valence-electron chi connectivity index (χ0n) is 16.3. The van der Waals surface area contributed by atoms with Crippen molar-refractivity contribution < 1.29 is 0 Å². The van der Waals surface area contributed by atoms with Gasteiger partial charge in [0.05, 0.1) is 5.69 Å². The highest BCUT2D eigenvalue weighted by Crippen LogP contribution is 2.37. The molecule has 0 radical (unpaired) electrons. The van der Waals surface area contributed by atoms with Crippen LogP contribution in [-0.4, -0.2) is 15.0 Å². The molecule has 0 aliphatic rings. The monoisotopic (exact) mass is 405 g/mol. The number of rotatable bonds is 5. The minimum Gasteiger partial charge on any atom is -0.212 e. The van der Waals surface area contributed by atoms with Crippen molar-refractivity contribution in [2.24, 2.45) is 0 Å². The maximum absolute atomic E-state index is 4.66. The first-order valence-corrected chi connectivity index (χ1v) is 11.2. The average molecular weight is 405 g/mol. The normalized spacial score (nSPS) is 11.0. The number of nitrogens with zero attached hydrogens (tertiary/aromatic N) is 3. The van der Waals surface area contributed by atoms with Crippen LogP contribution in [0.25, 0.3) is 16.9 Å². The molecular formula is C26H20N3P. The minimum atomic E-state index is -0.860. The second-order valence-corrected chi connectivity index (χ2v) is 9.01. The molecular weight excluding hydrogens is 385 g/mol. The Hall–Kier alpha value is -3.55. The SMILES string of the molecule is c1ccc(-c2nnn(-c3ccccc3)c2P(c2ccccc2)c2ccccc2)cc1. The van der Waals surface area contributed by atoms with E-state index in [-0.39, 0.29) is 0 Å².